The van der Waals surface area contributed by atoms with E-state index in [2.05, 4.69) is 40.3 Å². The summed E-state index contributed by atoms with van der Waals surface area (Å²) in [4.78, 5) is 9.05. The third-order valence-electron chi connectivity index (χ3n) is 3.43. The van der Waals surface area contributed by atoms with E-state index in [1.807, 2.05) is 17.8 Å². The van der Waals surface area contributed by atoms with Crippen molar-refractivity contribution in [3.63, 3.8) is 0 Å². The van der Waals surface area contributed by atoms with Crippen LogP contribution in [0.4, 0.5) is 0 Å². The molecule has 1 saturated carbocycles. The minimum Gasteiger partial charge on any atom is -0.353 e. The van der Waals surface area contributed by atoms with Gasteiger partial charge in [-0.3, -0.25) is 4.98 Å². The lowest BCUT2D eigenvalue weighted by atomic mass is 10.1. The molecule has 4 rings (SSSR count). The molecule has 4 heteroatoms. The van der Waals surface area contributed by atoms with Crippen LogP contribution < -0.4 is 0 Å². The van der Waals surface area contributed by atoms with Gasteiger partial charge in [-0.05, 0) is 42.7 Å². The van der Waals surface area contributed by atoms with Gasteiger partial charge in [0.15, 0.2) is 0 Å². The number of hydrogen-bond donors (Lipinski definition) is 1. The Hall–Kier alpha value is -1.45. The normalized spacial score (nSPS) is 14.8. The second kappa shape index (κ2) is 4.83. The van der Waals surface area contributed by atoms with Gasteiger partial charge in [0.05, 0.1) is 16.1 Å². The standard InChI is InChI=1S/C16H13ClN2S/c17-11-7-16-15(18-9-11)8-14(19-16)10-1-3-12(4-2-10)20-13-5-6-13/h1-4,7-9,13,19H,5-6H2. The molecule has 100 valence electrons. The summed E-state index contributed by atoms with van der Waals surface area (Å²) >= 11 is 7.94. The van der Waals surface area contributed by atoms with Crippen LogP contribution in [-0.4, -0.2) is 15.2 Å². The van der Waals surface area contributed by atoms with Crippen molar-refractivity contribution in [2.24, 2.45) is 0 Å². The first kappa shape index (κ1) is 12.3. The van der Waals surface area contributed by atoms with Crippen molar-refractivity contribution < 1.29 is 0 Å². The molecule has 1 aliphatic carbocycles. The zero-order valence-electron chi connectivity index (χ0n) is 10.8. The van der Waals surface area contributed by atoms with Crippen molar-refractivity contribution >= 4 is 34.4 Å². The molecule has 1 aliphatic rings. The number of halogens is 1. The van der Waals surface area contributed by atoms with E-state index >= 15 is 0 Å². The zero-order chi connectivity index (χ0) is 13.5. The fourth-order valence-electron chi connectivity index (χ4n) is 2.23. The average Bonchev–Trinajstić information content (AvgIpc) is 3.16. The molecule has 0 aliphatic heterocycles. The first-order chi connectivity index (χ1) is 9.78. The van der Waals surface area contributed by atoms with Crippen LogP contribution in [0, 0.1) is 0 Å². The molecule has 0 unspecified atom stereocenters. The fraction of sp³-hybridized carbons (Fsp3) is 0.188. The molecule has 0 atom stereocenters. The summed E-state index contributed by atoms with van der Waals surface area (Å²) in [6.45, 7) is 0. The van der Waals surface area contributed by atoms with Crippen LogP contribution in [0.1, 0.15) is 12.8 Å². The minimum absolute atomic E-state index is 0.655. The summed E-state index contributed by atoms with van der Waals surface area (Å²) in [6, 6.07) is 12.7. The number of rotatable bonds is 3. The van der Waals surface area contributed by atoms with Crippen molar-refractivity contribution in [1.82, 2.24) is 9.97 Å². The topological polar surface area (TPSA) is 28.7 Å². The number of aromatic amines is 1. The predicted molar refractivity (Wildman–Crippen MR) is 85.4 cm³/mol. The van der Waals surface area contributed by atoms with Crippen molar-refractivity contribution in [2.45, 2.75) is 23.0 Å². The Balaban J connectivity index is 1.66. The fourth-order valence-corrected chi connectivity index (χ4v) is 3.44. The van der Waals surface area contributed by atoms with Crippen molar-refractivity contribution in [1.29, 1.82) is 0 Å². The van der Waals surface area contributed by atoms with Crippen LogP contribution in [-0.2, 0) is 0 Å². The highest BCUT2D eigenvalue weighted by Crippen LogP contribution is 2.39. The molecular formula is C16H13ClN2S. The second-order valence-corrected chi connectivity index (χ2v) is 6.92. The smallest absolute Gasteiger partial charge is 0.0886 e. The SMILES string of the molecule is Clc1cnc2cc(-c3ccc(SC4CC4)cc3)[nH]c2c1. The molecule has 2 nitrogen and oxygen atoms in total. The molecule has 0 bridgehead atoms. The van der Waals surface area contributed by atoms with Crippen molar-refractivity contribution in [3.8, 4) is 11.3 Å². The van der Waals surface area contributed by atoms with Crippen LogP contribution in [0.5, 0.6) is 0 Å². The maximum absolute atomic E-state index is 5.96. The molecule has 0 spiro atoms. The second-order valence-electron chi connectivity index (χ2n) is 5.11. The Labute approximate surface area is 126 Å². The van der Waals surface area contributed by atoms with Crippen LogP contribution in [0.15, 0.2) is 47.5 Å². The summed E-state index contributed by atoms with van der Waals surface area (Å²) in [5.74, 6) is 0. The largest absolute Gasteiger partial charge is 0.353 e. The molecule has 1 N–H and O–H groups in total. The minimum atomic E-state index is 0.655. The van der Waals surface area contributed by atoms with E-state index in [1.165, 1.54) is 23.3 Å². The summed E-state index contributed by atoms with van der Waals surface area (Å²) in [7, 11) is 0. The van der Waals surface area contributed by atoms with E-state index in [4.69, 9.17) is 11.6 Å². The quantitative estimate of drug-likeness (QED) is 0.725. The third kappa shape index (κ3) is 2.43. The highest BCUT2D eigenvalue weighted by molar-refractivity contribution is 8.00. The van der Waals surface area contributed by atoms with E-state index in [9.17, 15) is 0 Å². The van der Waals surface area contributed by atoms with Gasteiger partial charge in [0.2, 0.25) is 0 Å². The zero-order valence-corrected chi connectivity index (χ0v) is 12.3. The third-order valence-corrected chi connectivity index (χ3v) is 4.98. The van der Waals surface area contributed by atoms with Gasteiger partial charge in [-0.1, -0.05) is 23.7 Å². The summed E-state index contributed by atoms with van der Waals surface area (Å²) in [5, 5.41) is 1.50. The molecule has 1 fully saturated rings. The van der Waals surface area contributed by atoms with Crippen LogP contribution in [0.2, 0.25) is 5.02 Å². The Morgan fingerprint density at radius 2 is 1.95 bits per heavy atom. The Kier molecular flexibility index (Phi) is 2.97. The lowest BCUT2D eigenvalue weighted by Gasteiger charge is -2.01. The molecule has 2 aromatic heterocycles. The van der Waals surface area contributed by atoms with Gasteiger partial charge < -0.3 is 4.98 Å². The summed E-state index contributed by atoms with van der Waals surface area (Å²) in [6.07, 6.45) is 4.40. The van der Waals surface area contributed by atoms with Crippen molar-refractivity contribution in [2.75, 3.05) is 0 Å². The van der Waals surface area contributed by atoms with Gasteiger partial charge in [-0.2, -0.15) is 0 Å². The molecule has 20 heavy (non-hydrogen) atoms. The highest BCUT2D eigenvalue weighted by Gasteiger charge is 2.22. The van der Waals surface area contributed by atoms with Gasteiger partial charge in [0.25, 0.3) is 0 Å². The van der Waals surface area contributed by atoms with E-state index in [-0.39, 0.29) is 0 Å². The maximum Gasteiger partial charge on any atom is 0.0886 e. The monoisotopic (exact) mass is 300 g/mol. The Morgan fingerprint density at radius 3 is 2.70 bits per heavy atom. The number of fused-ring (bicyclic) bond motifs is 1. The number of nitrogens with zero attached hydrogens (tertiary/aromatic N) is 1. The van der Waals surface area contributed by atoms with E-state index in [0.717, 1.165) is 22.0 Å². The Bertz CT molecular complexity index is 760. The molecule has 0 radical (unpaired) electrons. The predicted octanol–water partition coefficient (Wildman–Crippen LogP) is 5.14. The summed E-state index contributed by atoms with van der Waals surface area (Å²) in [5.41, 5.74) is 4.18. The van der Waals surface area contributed by atoms with Crippen LogP contribution >= 0.6 is 23.4 Å². The number of H-pyrrole nitrogens is 1. The number of nitrogens with one attached hydrogen (secondary N) is 1. The Morgan fingerprint density at radius 1 is 1.15 bits per heavy atom. The van der Waals surface area contributed by atoms with Gasteiger partial charge >= 0.3 is 0 Å². The molecule has 0 amide bonds. The van der Waals surface area contributed by atoms with E-state index < -0.39 is 0 Å². The first-order valence-corrected chi connectivity index (χ1v) is 7.95. The lowest BCUT2D eigenvalue weighted by Crippen LogP contribution is -1.79. The lowest BCUT2D eigenvalue weighted by molar-refractivity contribution is 1.39. The van der Waals surface area contributed by atoms with Crippen molar-refractivity contribution in [3.05, 3.63) is 47.6 Å². The number of hydrogen-bond acceptors (Lipinski definition) is 2. The van der Waals surface area contributed by atoms with Gasteiger partial charge in [0.1, 0.15) is 0 Å². The van der Waals surface area contributed by atoms with E-state index in [0.29, 0.717) is 5.02 Å². The molecular weight excluding hydrogens is 288 g/mol. The molecule has 1 aromatic carbocycles. The van der Waals surface area contributed by atoms with Gasteiger partial charge in [-0.15, -0.1) is 11.8 Å². The van der Waals surface area contributed by atoms with Crippen LogP contribution in [0.3, 0.4) is 0 Å². The van der Waals surface area contributed by atoms with Crippen LogP contribution in [0.25, 0.3) is 22.3 Å². The van der Waals surface area contributed by atoms with Gasteiger partial charge in [-0.25, -0.2) is 0 Å². The number of pyridine rings is 1. The molecule has 0 saturated heterocycles. The molecule has 3 aromatic rings. The first-order valence-electron chi connectivity index (χ1n) is 6.69. The number of thioether (sulfide) groups is 1. The maximum atomic E-state index is 5.96. The van der Waals surface area contributed by atoms with Gasteiger partial charge in [0, 0.05) is 22.0 Å². The summed E-state index contributed by atoms with van der Waals surface area (Å²) < 4.78 is 0. The average molecular weight is 301 g/mol. The number of aromatic nitrogens is 2. The van der Waals surface area contributed by atoms with E-state index in [1.54, 1.807) is 6.20 Å². The molecule has 2 heterocycles. The number of benzene rings is 1. The highest BCUT2D eigenvalue weighted by atomic mass is 35.5.